The van der Waals surface area contributed by atoms with Gasteiger partial charge in [0, 0.05) is 6.54 Å². The number of nitrogens with zero attached hydrogens (tertiary/aromatic N) is 1. The summed E-state index contributed by atoms with van der Waals surface area (Å²) < 4.78 is 5.00. The van der Waals surface area contributed by atoms with Gasteiger partial charge in [0.15, 0.2) is 0 Å². The van der Waals surface area contributed by atoms with E-state index in [4.69, 9.17) is 10.6 Å². The van der Waals surface area contributed by atoms with E-state index >= 15 is 0 Å². The Morgan fingerprint density at radius 3 is 2.50 bits per heavy atom. The van der Waals surface area contributed by atoms with E-state index in [1.165, 1.54) is 0 Å². The maximum atomic E-state index is 11.7. The smallest absolute Gasteiger partial charge is 0.431 e. The molecule has 3 N–H and O–H groups in total. The van der Waals surface area contributed by atoms with Gasteiger partial charge in [0.05, 0.1) is 5.92 Å². The summed E-state index contributed by atoms with van der Waals surface area (Å²) in [4.78, 5) is 23.2. The Hall–Kier alpha value is -1.14. The summed E-state index contributed by atoms with van der Waals surface area (Å²) in [5, 5.41) is 3.61. The number of imide groups is 1. The lowest BCUT2D eigenvalue weighted by Gasteiger charge is -2.24. The number of rotatable bonds is 1. The van der Waals surface area contributed by atoms with Gasteiger partial charge in [-0.3, -0.25) is 4.79 Å². The van der Waals surface area contributed by atoms with Gasteiger partial charge in [-0.2, -0.15) is 5.01 Å². The lowest BCUT2D eigenvalue weighted by molar-refractivity contribution is -0.134. The van der Waals surface area contributed by atoms with Gasteiger partial charge in [-0.15, -0.1) is 0 Å². The minimum atomic E-state index is -0.801. The van der Waals surface area contributed by atoms with Gasteiger partial charge >= 0.3 is 6.09 Å². The van der Waals surface area contributed by atoms with Crippen molar-refractivity contribution >= 4 is 12.0 Å². The fourth-order valence-electron chi connectivity index (χ4n) is 1.46. The predicted octanol–water partition coefficient (Wildman–Crippen LogP) is 0.233. The van der Waals surface area contributed by atoms with Gasteiger partial charge in [0.1, 0.15) is 5.60 Å². The van der Waals surface area contributed by atoms with Crippen LogP contribution in [0.3, 0.4) is 0 Å². The lowest BCUT2D eigenvalue weighted by Crippen LogP contribution is -2.48. The molecule has 0 aromatic heterocycles. The zero-order valence-electron chi connectivity index (χ0n) is 9.95. The molecule has 16 heavy (non-hydrogen) atoms. The molecule has 0 spiro atoms. The van der Waals surface area contributed by atoms with E-state index in [9.17, 15) is 9.59 Å². The quantitative estimate of drug-likeness (QED) is 0.382. The van der Waals surface area contributed by atoms with Crippen LogP contribution in [0.2, 0.25) is 0 Å². The van der Waals surface area contributed by atoms with Crippen molar-refractivity contribution in [3.8, 4) is 0 Å². The molecule has 0 aromatic carbocycles. The molecule has 1 fully saturated rings. The van der Waals surface area contributed by atoms with Crippen LogP contribution in [0.5, 0.6) is 0 Å². The minimum absolute atomic E-state index is 0.225. The van der Waals surface area contributed by atoms with Gasteiger partial charge in [-0.1, -0.05) is 0 Å². The summed E-state index contributed by atoms with van der Waals surface area (Å²) in [6.45, 7) is 6.51. The first-order valence-corrected chi connectivity index (χ1v) is 5.33. The molecule has 6 heteroatoms. The van der Waals surface area contributed by atoms with Crippen LogP contribution in [0.1, 0.15) is 27.2 Å². The Morgan fingerprint density at radius 1 is 1.44 bits per heavy atom. The first kappa shape index (κ1) is 12.9. The van der Waals surface area contributed by atoms with E-state index in [0.717, 1.165) is 6.54 Å². The highest BCUT2D eigenvalue weighted by atomic mass is 16.6. The van der Waals surface area contributed by atoms with Crippen molar-refractivity contribution in [2.45, 2.75) is 32.8 Å². The number of carbonyl (C=O) groups is 2. The van der Waals surface area contributed by atoms with Crippen LogP contribution in [0, 0.1) is 5.92 Å². The van der Waals surface area contributed by atoms with Crippen LogP contribution in [0.15, 0.2) is 0 Å². The molecule has 1 atom stereocenters. The zero-order valence-corrected chi connectivity index (χ0v) is 9.95. The number of nitrogens with one attached hydrogen (secondary N) is 1. The van der Waals surface area contributed by atoms with E-state index in [1.54, 1.807) is 20.8 Å². The van der Waals surface area contributed by atoms with Crippen molar-refractivity contribution in [2.24, 2.45) is 11.8 Å². The summed E-state index contributed by atoms with van der Waals surface area (Å²) in [5.74, 6) is 4.82. The second-order valence-electron chi connectivity index (χ2n) is 4.88. The summed E-state index contributed by atoms with van der Waals surface area (Å²) in [5.41, 5.74) is -0.650. The van der Waals surface area contributed by atoms with E-state index in [0.29, 0.717) is 18.0 Å². The molecular formula is C10H19N3O3. The Balaban J connectivity index is 2.52. The lowest BCUT2D eigenvalue weighted by atomic mass is 10.1. The molecule has 2 amide bonds. The standard InChI is InChI=1S/C10H19N3O3/c1-10(2,3)16-9(15)13(11)8(14)7-4-5-12-6-7/h7,12H,4-6,11H2,1-3H3/t7-/m1/s1. The number of amides is 2. The molecule has 1 aliphatic rings. The van der Waals surface area contributed by atoms with Crippen LogP contribution in [-0.2, 0) is 9.53 Å². The fraction of sp³-hybridized carbons (Fsp3) is 0.800. The van der Waals surface area contributed by atoms with Crippen LogP contribution in [0.4, 0.5) is 4.79 Å². The van der Waals surface area contributed by atoms with Gasteiger partial charge in [-0.25, -0.2) is 10.6 Å². The third-order valence-corrected chi connectivity index (χ3v) is 2.24. The Kier molecular flexibility index (Phi) is 3.88. The number of nitrogens with two attached hydrogens (primary N) is 1. The average molecular weight is 229 g/mol. The van der Waals surface area contributed by atoms with Crippen molar-refractivity contribution in [1.29, 1.82) is 0 Å². The maximum Gasteiger partial charge on any atom is 0.431 e. The van der Waals surface area contributed by atoms with Crippen molar-refractivity contribution in [2.75, 3.05) is 13.1 Å². The molecule has 0 saturated carbocycles. The summed E-state index contributed by atoms with van der Waals surface area (Å²) in [6.07, 6.45) is -0.0978. The molecule has 1 heterocycles. The molecule has 0 aliphatic carbocycles. The first-order valence-electron chi connectivity index (χ1n) is 5.33. The molecule has 92 valence electrons. The minimum Gasteiger partial charge on any atom is -0.442 e. The van der Waals surface area contributed by atoms with Crippen LogP contribution in [0.25, 0.3) is 0 Å². The topological polar surface area (TPSA) is 84.7 Å². The van der Waals surface area contributed by atoms with E-state index < -0.39 is 11.7 Å². The van der Waals surface area contributed by atoms with Gasteiger partial charge in [0.2, 0.25) is 0 Å². The molecular weight excluding hydrogens is 210 g/mol. The van der Waals surface area contributed by atoms with Crippen molar-refractivity contribution in [3.63, 3.8) is 0 Å². The number of hydrogen-bond donors (Lipinski definition) is 2. The fourth-order valence-corrected chi connectivity index (χ4v) is 1.46. The van der Waals surface area contributed by atoms with Gasteiger partial charge < -0.3 is 10.1 Å². The van der Waals surface area contributed by atoms with Crippen LogP contribution < -0.4 is 11.2 Å². The van der Waals surface area contributed by atoms with Crippen LogP contribution in [-0.4, -0.2) is 35.7 Å². The normalized spacial score (nSPS) is 20.6. The monoisotopic (exact) mass is 229 g/mol. The molecule has 6 nitrogen and oxygen atoms in total. The molecule has 0 radical (unpaired) electrons. The highest BCUT2D eigenvalue weighted by Crippen LogP contribution is 2.13. The van der Waals surface area contributed by atoms with Crippen LogP contribution >= 0.6 is 0 Å². The molecule has 0 bridgehead atoms. The van der Waals surface area contributed by atoms with E-state index in [-0.39, 0.29) is 11.8 Å². The average Bonchev–Trinajstić information content (AvgIpc) is 2.65. The van der Waals surface area contributed by atoms with Crippen molar-refractivity contribution < 1.29 is 14.3 Å². The third-order valence-electron chi connectivity index (χ3n) is 2.24. The molecule has 1 rings (SSSR count). The summed E-state index contributed by atoms with van der Waals surface area (Å²) in [6, 6.07) is 0. The largest absolute Gasteiger partial charge is 0.442 e. The second kappa shape index (κ2) is 4.80. The summed E-state index contributed by atoms with van der Waals surface area (Å²) >= 11 is 0. The number of hydrazine groups is 1. The Labute approximate surface area is 95.1 Å². The Morgan fingerprint density at radius 2 is 2.06 bits per heavy atom. The van der Waals surface area contributed by atoms with Gasteiger partial charge in [-0.05, 0) is 33.7 Å². The molecule has 1 aliphatic heterocycles. The summed E-state index contributed by atoms with van der Waals surface area (Å²) in [7, 11) is 0. The maximum absolute atomic E-state index is 11.7. The molecule has 1 saturated heterocycles. The predicted molar refractivity (Wildman–Crippen MR) is 58.2 cm³/mol. The number of ether oxygens (including phenoxy) is 1. The van der Waals surface area contributed by atoms with E-state index in [1.807, 2.05) is 0 Å². The van der Waals surface area contributed by atoms with Gasteiger partial charge in [0.25, 0.3) is 5.91 Å². The van der Waals surface area contributed by atoms with Crippen molar-refractivity contribution in [3.05, 3.63) is 0 Å². The molecule has 0 unspecified atom stereocenters. The zero-order chi connectivity index (χ0) is 12.3. The Bertz CT molecular complexity index is 280. The first-order chi connectivity index (χ1) is 7.31. The molecule has 0 aromatic rings. The van der Waals surface area contributed by atoms with E-state index in [2.05, 4.69) is 5.32 Å². The number of carbonyl (C=O) groups excluding carboxylic acids is 2. The number of hydrogen-bond acceptors (Lipinski definition) is 5. The highest BCUT2D eigenvalue weighted by Gasteiger charge is 2.31. The highest BCUT2D eigenvalue weighted by molar-refractivity contribution is 5.92. The van der Waals surface area contributed by atoms with Crippen molar-refractivity contribution in [1.82, 2.24) is 10.3 Å². The SMILES string of the molecule is CC(C)(C)OC(=O)N(N)C(=O)[C@@H]1CCNC1. The second-order valence-corrected chi connectivity index (χ2v) is 4.88. The third kappa shape index (κ3) is 3.46.